The lowest BCUT2D eigenvalue weighted by molar-refractivity contribution is -0.119. The molecule has 4 nitrogen and oxygen atoms in total. The van der Waals surface area contributed by atoms with Crippen LogP contribution >= 0.6 is 22.6 Å². The Morgan fingerprint density at radius 1 is 1.17 bits per heavy atom. The molecule has 0 spiro atoms. The molecule has 0 heterocycles. The molecule has 2 rings (SSSR count). The Labute approximate surface area is 153 Å². The van der Waals surface area contributed by atoms with Gasteiger partial charge in [-0.25, -0.2) is 9.18 Å². The van der Waals surface area contributed by atoms with Crippen molar-refractivity contribution >= 4 is 40.2 Å². The Hall–Kier alpha value is -1.96. The molecule has 24 heavy (non-hydrogen) atoms. The summed E-state index contributed by atoms with van der Waals surface area (Å²) in [5.74, 6) is -1.29. The van der Waals surface area contributed by atoms with Crippen LogP contribution in [0.2, 0.25) is 0 Å². The fraction of sp³-hybridized carbons (Fsp3) is 0.222. The number of anilines is 1. The van der Waals surface area contributed by atoms with Crippen molar-refractivity contribution < 1.29 is 18.7 Å². The van der Waals surface area contributed by atoms with Crippen molar-refractivity contribution in [3.63, 3.8) is 0 Å². The fourth-order valence-electron chi connectivity index (χ4n) is 2.11. The first-order valence-electron chi connectivity index (χ1n) is 7.39. The molecular weight excluding hydrogens is 424 g/mol. The van der Waals surface area contributed by atoms with Gasteiger partial charge < -0.3 is 10.1 Å². The summed E-state index contributed by atoms with van der Waals surface area (Å²) >= 11 is 2.21. The number of benzene rings is 2. The lowest BCUT2D eigenvalue weighted by Gasteiger charge is -2.14. The Balaban J connectivity index is 1.96. The molecule has 1 N–H and O–H groups in total. The van der Waals surface area contributed by atoms with Gasteiger partial charge in [-0.2, -0.15) is 0 Å². The van der Waals surface area contributed by atoms with Crippen LogP contribution in [0.25, 0.3) is 0 Å². The van der Waals surface area contributed by atoms with Crippen LogP contribution in [0.15, 0.2) is 42.5 Å². The zero-order valence-electron chi connectivity index (χ0n) is 13.3. The average Bonchev–Trinajstić information content (AvgIpc) is 2.54. The van der Waals surface area contributed by atoms with E-state index in [4.69, 9.17) is 4.74 Å². The minimum absolute atomic E-state index is 0.196. The number of rotatable bonds is 5. The maximum Gasteiger partial charge on any atom is 0.338 e. The van der Waals surface area contributed by atoms with Crippen LogP contribution < -0.4 is 5.32 Å². The molecular formula is C18H17FINO3. The third-order valence-corrected chi connectivity index (χ3v) is 3.99. The van der Waals surface area contributed by atoms with Crippen LogP contribution in [-0.4, -0.2) is 18.5 Å². The highest BCUT2D eigenvalue weighted by molar-refractivity contribution is 14.1. The number of carbonyl (C=O) groups is 2. The van der Waals surface area contributed by atoms with E-state index in [1.807, 2.05) is 32.0 Å². The summed E-state index contributed by atoms with van der Waals surface area (Å²) in [5, 5.41) is 2.76. The molecule has 2 aromatic carbocycles. The summed E-state index contributed by atoms with van der Waals surface area (Å²) in [6, 6.07) is 10.7. The smallest absolute Gasteiger partial charge is 0.338 e. The van der Waals surface area contributed by atoms with Gasteiger partial charge in [-0.15, -0.1) is 0 Å². The number of esters is 1. The summed E-state index contributed by atoms with van der Waals surface area (Å²) in [4.78, 5) is 23.8. The molecule has 2 aromatic rings. The maximum atomic E-state index is 12.8. The van der Waals surface area contributed by atoms with Crippen molar-refractivity contribution in [3.05, 3.63) is 63.0 Å². The Morgan fingerprint density at radius 2 is 1.83 bits per heavy atom. The van der Waals surface area contributed by atoms with Crippen LogP contribution in [0, 0.1) is 9.39 Å². The highest BCUT2D eigenvalue weighted by atomic mass is 127. The Morgan fingerprint density at radius 3 is 2.46 bits per heavy atom. The average molecular weight is 441 g/mol. The van der Waals surface area contributed by atoms with E-state index < -0.39 is 24.3 Å². The molecule has 0 fully saturated rings. The van der Waals surface area contributed by atoms with Crippen molar-refractivity contribution in [3.8, 4) is 0 Å². The molecule has 126 valence electrons. The van der Waals surface area contributed by atoms with E-state index in [0.29, 0.717) is 5.69 Å². The largest absolute Gasteiger partial charge is 0.452 e. The molecule has 0 unspecified atom stereocenters. The molecule has 0 aliphatic carbocycles. The van der Waals surface area contributed by atoms with Gasteiger partial charge in [0.15, 0.2) is 6.61 Å². The molecule has 0 bridgehead atoms. The third kappa shape index (κ3) is 5.02. The first-order valence-corrected chi connectivity index (χ1v) is 8.46. The van der Waals surface area contributed by atoms with Crippen LogP contribution in [-0.2, 0) is 9.53 Å². The lowest BCUT2D eigenvalue weighted by atomic mass is 10.0. The minimum atomic E-state index is -0.670. The quantitative estimate of drug-likeness (QED) is 0.555. The van der Waals surface area contributed by atoms with E-state index in [0.717, 1.165) is 21.3 Å². The van der Waals surface area contributed by atoms with E-state index in [-0.39, 0.29) is 11.5 Å². The van der Waals surface area contributed by atoms with Crippen LogP contribution in [0.3, 0.4) is 0 Å². The molecule has 0 radical (unpaired) electrons. The van der Waals surface area contributed by atoms with Crippen molar-refractivity contribution in [2.75, 3.05) is 11.9 Å². The molecule has 6 heteroatoms. The predicted octanol–water partition coefficient (Wildman–Crippen LogP) is 4.35. The molecule has 0 saturated heterocycles. The number of hydrogen-bond donors (Lipinski definition) is 1. The van der Waals surface area contributed by atoms with Gasteiger partial charge in [-0.1, -0.05) is 13.8 Å². The number of amides is 1. The number of hydrogen-bond acceptors (Lipinski definition) is 3. The summed E-state index contributed by atoms with van der Waals surface area (Å²) in [6.45, 7) is 3.67. The summed E-state index contributed by atoms with van der Waals surface area (Å²) in [7, 11) is 0. The van der Waals surface area contributed by atoms with E-state index >= 15 is 0 Å². The number of halogens is 2. The molecule has 0 aromatic heterocycles. The number of ether oxygens (including phenoxy) is 1. The zero-order valence-corrected chi connectivity index (χ0v) is 15.5. The van der Waals surface area contributed by atoms with Gasteiger partial charge in [-0.05, 0) is 76.5 Å². The second-order valence-corrected chi connectivity index (χ2v) is 6.76. The Kier molecular flexibility index (Phi) is 6.30. The second-order valence-electron chi connectivity index (χ2n) is 5.52. The molecule has 0 aliphatic rings. The first kappa shape index (κ1) is 18.4. The van der Waals surface area contributed by atoms with Gasteiger partial charge >= 0.3 is 5.97 Å². The highest BCUT2D eigenvalue weighted by Crippen LogP contribution is 2.26. The van der Waals surface area contributed by atoms with Gasteiger partial charge in [0.1, 0.15) is 5.82 Å². The van der Waals surface area contributed by atoms with Crippen molar-refractivity contribution in [2.24, 2.45) is 0 Å². The molecule has 0 atom stereocenters. The zero-order chi connectivity index (χ0) is 17.7. The SMILES string of the molecule is CC(C)c1cc(I)ccc1NC(=O)COC(=O)c1ccc(F)cc1. The van der Waals surface area contributed by atoms with Crippen molar-refractivity contribution in [1.82, 2.24) is 0 Å². The van der Waals surface area contributed by atoms with Gasteiger partial charge in [0.05, 0.1) is 5.56 Å². The lowest BCUT2D eigenvalue weighted by Crippen LogP contribution is -2.21. The predicted molar refractivity (Wildman–Crippen MR) is 98.6 cm³/mol. The molecule has 0 saturated carbocycles. The normalized spacial score (nSPS) is 10.5. The number of nitrogens with one attached hydrogen (secondary N) is 1. The minimum Gasteiger partial charge on any atom is -0.452 e. The van der Waals surface area contributed by atoms with E-state index in [1.54, 1.807) is 0 Å². The highest BCUT2D eigenvalue weighted by Gasteiger charge is 2.13. The third-order valence-electron chi connectivity index (χ3n) is 3.32. The molecule has 0 aliphatic heterocycles. The van der Waals surface area contributed by atoms with Crippen molar-refractivity contribution in [1.29, 1.82) is 0 Å². The van der Waals surface area contributed by atoms with Crippen LogP contribution in [0.1, 0.15) is 35.7 Å². The van der Waals surface area contributed by atoms with Gasteiger partial charge in [-0.3, -0.25) is 4.79 Å². The van der Waals surface area contributed by atoms with Crippen molar-refractivity contribution in [2.45, 2.75) is 19.8 Å². The van der Waals surface area contributed by atoms with Gasteiger partial charge in [0.2, 0.25) is 0 Å². The van der Waals surface area contributed by atoms with E-state index in [1.165, 1.54) is 12.1 Å². The number of carbonyl (C=O) groups excluding carboxylic acids is 2. The first-order chi connectivity index (χ1) is 11.4. The van der Waals surface area contributed by atoms with Gasteiger partial charge in [0, 0.05) is 9.26 Å². The maximum absolute atomic E-state index is 12.8. The van der Waals surface area contributed by atoms with Crippen LogP contribution in [0.4, 0.5) is 10.1 Å². The topological polar surface area (TPSA) is 55.4 Å². The van der Waals surface area contributed by atoms with E-state index in [2.05, 4.69) is 27.9 Å². The molecule has 1 amide bonds. The summed E-state index contributed by atoms with van der Waals surface area (Å²) in [5.41, 5.74) is 1.91. The Bertz CT molecular complexity index is 744. The fourth-order valence-corrected chi connectivity index (χ4v) is 2.63. The monoisotopic (exact) mass is 441 g/mol. The van der Waals surface area contributed by atoms with E-state index in [9.17, 15) is 14.0 Å². The second kappa shape index (κ2) is 8.23. The standard InChI is InChI=1S/C18H17FINO3/c1-11(2)15-9-14(20)7-8-16(15)21-17(22)10-24-18(23)12-3-5-13(19)6-4-12/h3-9,11H,10H2,1-2H3,(H,21,22). The van der Waals surface area contributed by atoms with Crippen LogP contribution in [0.5, 0.6) is 0 Å². The summed E-state index contributed by atoms with van der Waals surface area (Å²) < 4.78 is 18.9. The summed E-state index contributed by atoms with van der Waals surface area (Å²) in [6.07, 6.45) is 0. The van der Waals surface area contributed by atoms with Gasteiger partial charge in [0.25, 0.3) is 5.91 Å².